The number of carboxylic acids is 1. The molecule has 21 heavy (non-hydrogen) atoms. The standard InChI is InChI=1S/C16H26N2O2S/c1-13-5-9-18(10-6-13)8-2-7-17-12-15-4-3-14(21-15)11-16(19)20/h3-4,13,17H,2,5-12H2,1H3,(H,19,20). The van der Waals surface area contributed by atoms with Gasteiger partial charge in [0.1, 0.15) is 0 Å². The molecule has 0 saturated carbocycles. The number of hydrogen-bond acceptors (Lipinski definition) is 4. The molecular formula is C16H26N2O2S. The summed E-state index contributed by atoms with van der Waals surface area (Å²) < 4.78 is 0. The van der Waals surface area contributed by atoms with Gasteiger partial charge in [-0.15, -0.1) is 11.3 Å². The van der Waals surface area contributed by atoms with Crippen LogP contribution in [0.15, 0.2) is 12.1 Å². The smallest absolute Gasteiger partial charge is 0.308 e. The molecule has 0 atom stereocenters. The van der Waals surface area contributed by atoms with E-state index in [1.54, 1.807) is 11.3 Å². The number of carbonyl (C=O) groups is 1. The second kappa shape index (κ2) is 8.51. The van der Waals surface area contributed by atoms with Crippen molar-refractivity contribution in [3.8, 4) is 0 Å². The Bertz CT molecular complexity index is 439. The van der Waals surface area contributed by atoms with Gasteiger partial charge in [0.15, 0.2) is 0 Å². The number of nitrogens with zero attached hydrogens (tertiary/aromatic N) is 1. The van der Waals surface area contributed by atoms with E-state index in [2.05, 4.69) is 17.1 Å². The molecule has 0 spiro atoms. The molecule has 1 aliphatic rings. The molecule has 1 saturated heterocycles. The summed E-state index contributed by atoms with van der Waals surface area (Å²) in [6, 6.07) is 3.95. The van der Waals surface area contributed by atoms with E-state index in [1.807, 2.05) is 12.1 Å². The minimum atomic E-state index is -0.757. The van der Waals surface area contributed by atoms with Crippen LogP contribution in [0.2, 0.25) is 0 Å². The lowest BCUT2D eigenvalue weighted by atomic mass is 9.99. The summed E-state index contributed by atoms with van der Waals surface area (Å²) in [5.41, 5.74) is 0. The summed E-state index contributed by atoms with van der Waals surface area (Å²) >= 11 is 1.59. The Kier molecular flexibility index (Phi) is 6.67. The molecule has 118 valence electrons. The highest BCUT2D eigenvalue weighted by Gasteiger charge is 2.14. The maximum Gasteiger partial charge on any atom is 0.308 e. The van der Waals surface area contributed by atoms with E-state index in [4.69, 9.17) is 5.11 Å². The quantitative estimate of drug-likeness (QED) is 0.725. The number of thiophene rings is 1. The predicted molar refractivity (Wildman–Crippen MR) is 86.8 cm³/mol. The van der Waals surface area contributed by atoms with E-state index in [1.165, 1.54) is 43.8 Å². The molecule has 1 aliphatic heterocycles. The van der Waals surface area contributed by atoms with Gasteiger partial charge in [-0.25, -0.2) is 0 Å². The van der Waals surface area contributed by atoms with Crippen LogP contribution in [0.3, 0.4) is 0 Å². The Labute approximate surface area is 131 Å². The SMILES string of the molecule is CC1CCN(CCCNCc2ccc(CC(=O)O)s2)CC1. The summed E-state index contributed by atoms with van der Waals surface area (Å²) in [7, 11) is 0. The van der Waals surface area contributed by atoms with Gasteiger partial charge in [0.25, 0.3) is 0 Å². The van der Waals surface area contributed by atoms with Gasteiger partial charge in [-0.05, 0) is 63.5 Å². The van der Waals surface area contributed by atoms with Gasteiger partial charge in [-0.1, -0.05) is 6.92 Å². The van der Waals surface area contributed by atoms with E-state index < -0.39 is 5.97 Å². The van der Waals surface area contributed by atoms with Crippen molar-refractivity contribution in [3.05, 3.63) is 21.9 Å². The molecule has 2 heterocycles. The second-order valence-electron chi connectivity index (χ2n) is 5.99. The second-order valence-corrected chi connectivity index (χ2v) is 7.25. The third-order valence-corrected chi connectivity index (χ3v) is 5.13. The molecule has 1 fully saturated rings. The number of aliphatic carboxylic acids is 1. The minimum Gasteiger partial charge on any atom is -0.481 e. The number of carboxylic acid groups (broad SMARTS) is 1. The maximum absolute atomic E-state index is 10.6. The molecule has 2 N–H and O–H groups in total. The van der Waals surface area contributed by atoms with E-state index in [-0.39, 0.29) is 6.42 Å². The van der Waals surface area contributed by atoms with Crippen LogP contribution in [0, 0.1) is 5.92 Å². The molecule has 0 unspecified atom stereocenters. The van der Waals surface area contributed by atoms with Crippen LogP contribution >= 0.6 is 11.3 Å². The normalized spacial score (nSPS) is 17.2. The van der Waals surface area contributed by atoms with Crippen molar-refractivity contribution in [1.82, 2.24) is 10.2 Å². The molecule has 5 heteroatoms. The minimum absolute atomic E-state index is 0.137. The molecule has 0 bridgehead atoms. The van der Waals surface area contributed by atoms with E-state index in [0.717, 1.165) is 23.9 Å². The van der Waals surface area contributed by atoms with Gasteiger partial charge in [-0.2, -0.15) is 0 Å². The zero-order valence-corrected chi connectivity index (χ0v) is 13.6. The van der Waals surface area contributed by atoms with Crippen LogP contribution in [-0.2, 0) is 17.8 Å². The average molecular weight is 310 g/mol. The van der Waals surface area contributed by atoms with Gasteiger partial charge >= 0.3 is 5.97 Å². The van der Waals surface area contributed by atoms with E-state index >= 15 is 0 Å². The first-order valence-electron chi connectivity index (χ1n) is 7.86. The Morgan fingerprint density at radius 2 is 2.10 bits per heavy atom. The first kappa shape index (κ1) is 16.5. The van der Waals surface area contributed by atoms with Crippen molar-refractivity contribution >= 4 is 17.3 Å². The van der Waals surface area contributed by atoms with E-state index in [9.17, 15) is 4.79 Å². The highest BCUT2D eigenvalue weighted by Crippen LogP contribution is 2.17. The molecule has 1 aromatic rings. The number of hydrogen-bond donors (Lipinski definition) is 2. The molecule has 0 amide bonds. The Morgan fingerprint density at radius 3 is 2.81 bits per heavy atom. The van der Waals surface area contributed by atoms with Gasteiger partial charge < -0.3 is 15.3 Å². The fourth-order valence-corrected chi connectivity index (χ4v) is 3.67. The lowest BCUT2D eigenvalue weighted by Crippen LogP contribution is -2.34. The van der Waals surface area contributed by atoms with Crippen molar-refractivity contribution in [2.75, 3.05) is 26.2 Å². The number of nitrogens with one attached hydrogen (secondary N) is 1. The molecule has 0 radical (unpaired) electrons. The van der Waals surface area contributed by atoms with Crippen molar-refractivity contribution in [2.24, 2.45) is 5.92 Å². The van der Waals surface area contributed by atoms with Gasteiger partial charge in [0.2, 0.25) is 0 Å². The Morgan fingerprint density at radius 1 is 1.38 bits per heavy atom. The van der Waals surface area contributed by atoms with Gasteiger partial charge in [0, 0.05) is 16.3 Å². The summed E-state index contributed by atoms with van der Waals surface area (Å²) in [6.07, 6.45) is 4.00. The Hall–Kier alpha value is -0.910. The third-order valence-electron chi connectivity index (χ3n) is 4.05. The summed E-state index contributed by atoms with van der Waals surface area (Å²) in [6.45, 7) is 7.92. The highest BCUT2D eigenvalue weighted by atomic mass is 32.1. The third kappa shape index (κ3) is 6.16. The Balaban J connectivity index is 1.55. The number of piperidine rings is 1. The maximum atomic E-state index is 10.6. The largest absolute Gasteiger partial charge is 0.481 e. The average Bonchev–Trinajstić information content (AvgIpc) is 2.87. The first-order valence-corrected chi connectivity index (χ1v) is 8.67. The monoisotopic (exact) mass is 310 g/mol. The first-order chi connectivity index (χ1) is 10.1. The predicted octanol–water partition coefficient (Wildman–Crippen LogP) is 2.59. The van der Waals surface area contributed by atoms with Gasteiger partial charge in [-0.3, -0.25) is 4.79 Å². The fourth-order valence-electron chi connectivity index (χ4n) is 2.69. The zero-order valence-electron chi connectivity index (χ0n) is 12.8. The zero-order chi connectivity index (χ0) is 15.1. The molecule has 1 aromatic heterocycles. The lowest BCUT2D eigenvalue weighted by molar-refractivity contribution is -0.136. The van der Waals surface area contributed by atoms with Crippen molar-refractivity contribution < 1.29 is 9.90 Å². The van der Waals surface area contributed by atoms with Crippen LogP contribution in [0.1, 0.15) is 35.9 Å². The molecule has 0 aliphatic carbocycles. The summed E-state index contributed by atoms with van der Waals surface area (Å²) in [4.78, 5) is 15.4. The van der Waals surface area contributed by atoms with Crippen LogP contribution < -0.4 is 5.32 Å². The fraction of sp³-hybridized carbons (Fsp3) is 0.688. The topological polar surface area (TPSA) is 52.6 Å². The van der Waals surface area contributed by atoms with Crippen LogP contribution in [0.4, 0.5) is 0 Å². The molecule has 2 rings (SSSR count). The van der Waals surface area contributed by atoms with Crippen LogP contribution in [-0.4, -0.2) is 42.2 Å². The van der Waals surface area contributed by atoms with Gasteiger partial charge in [0.05, 0.1) is 6.42 Å². The summed E-state index contributed by atoms with van der Waals surface area (Å²) in [5.74, 6) is 0.144. The highest BCUT2D eigenvalue weighted by molar-refractivity contribution is 7.12. The van der Waals surface area contributed by atoms with E-state index in [0.29, 0.717) is 0 Å². The molecule has 4 nitrogen and oxygen atoms in total. The van der Waals surface area contributed by atoms with Crippen molar-refractivity contribution in [1.29, 1.82) is 0 Å². The molecule has 0 aromatic carbocycles. The lowest BCUT2D eigenvalue weighted by Gasteiger charge is -2.30. The van der Waals surface area contributed by atoms with Crippen LogP contribution in [0.5, 0.6) is 0 Å². The van der Waals surface area contributed by atoms with Crippen molar-refractivity contribution in [3.63, 3.8) is 0 Å². The van der Waals surface area contributed by atoms with Crippen molar-refractivity contribution in [2.45, 2.75) is 39.2 Å². The number of likely N-dealkylation sites (tertiary alicyclic amines) is 1. The number of rotatable bonds is 8. The molecular weight excluding hydrogens is 284 g/mol. The van der Waals surface area contributed by atoms with Crippen LogP contribution in [0.25, 0.3) is 0 Å². The summed E-state index contributed by atoms with van der Waals surface area (Å²) in [5, 5.41) is 12.2.